The Labute approximate surface area is 99.1 Å². The molecule has 5 N–H and O–H groups in total. The minimum absolute atomic E-state index is 0.0271. The van der Waals surface area contributed by atoms with E-state index < -0.39 is 0 Å². The van der Waals surface area contributed by atoms with Crippen molar-refractivity contribution >= 4 is 18.1 Å². The molecular formula is C11H14N6. The fourth-order valence-corrected chi connectivity index (χ4v) is 1.76. The fourth-order valence-electron chi connectivity index (χ4n) is 1.76. The summed E-state index contributed by atoms with van der Waals surface area (Å²) in [5.74, 6) is -0.184. The smallest absolute Gasteiger partial charge is 0.220 e. The van der Waals surface area contributed by atoms with Crippen LogP contribution in [0.4, 0.5) is 0 Å². The monoisotopic (exact) mass is 230 g/mol. The van der Waals surface area contributed by atoms with Crippen molar-refractivity contribution in [2.45, 2.75) is 12.5 Å². The molecule has 88 valence electrons. The van der Waals surface area contributed by atoms with E-state index in [1.54, 1.807) is 11.2 Å². The number of hydrazone groups is 1. The van der Waals surface area contributed by atoms with Crippen molar-refractivity contribution < 1.29 is 0 Å². The number of hydrogen-bond donors (Lipinski definition) is 3. The van der Waals surface area contributed by atoms with Crippen molar-refractivity contribution in [1.29, 1.82) is 5.41 Å². The molecule has 0 radical (unpaired) electrons. The van der Waals surface area contributed by atoms with Crippen LogP contribution in [-0.2, 0) is 0 Å². The second kappa shape index (κ2) is 4.65. The topological polar surface area (TPSA) is 104 Å². The highest BCUT2D eigenvalue weighted by molar-refractivity contribution is 5.92. The first-order chi connectivity index (χ1) is 8.18. The number of benzene rings is 1. The van der Waals surface area contributed by atoms with Crippen LogP contribution in [0.1, 0.15) is 18.0 Å². The molecular weight excluding hydrogens is 216 g/mol. The van der Waals surface area contributed by atoms with Gasteiger partial charge in [0.05, 0.1) is 6.04 Å². The lowest BCUT2D eigenvalue weighted by molar-refractivity contribution is 0.366. The second-order valence-electron chi connectivity index (χ2n) is 3.66. The van der Waals surface area contributed by atoms with E-state index in [9.17, 15) is 0 Å². The zero-order chi connectivity index (χ0) is 12.3. The summed E-state index contributed by atoms with van der Waals surface area (Å²) >= 11 is 0. The normalized spacial score (nSPS) is 19.6. The van der Waals surface area contributed by atoms with Crippen molar-refractivity contribution in [2.24, 2.45) is 21.6 Å². The molecule has 0 saturated heterocycles. The predicted molar refractivity (Wildman–Crippen MR) is 67.7 cm³/mol. The molecule has 1 atom stereocenters. The van der Waals surface area contributed by atoms with Crippen molar-refractivity contribution in [2.75, 3.05) is 0 Å². The van der Waals surface area contributed by atoms with Crippen LogP contribution in [0.15, 0.2) is 40.4 Å². The lowest BCUT2D eigenvalue weighted by Gasteiger charge is -2.22. The number of rotatable bonds is 1. The SMILES string of the molecule is N=C(N)/N=C(\N)N1N=CCC1c1ccccc1. The maximum Gasteiger partial charge on any atom is 0.220 e. The van der Waals surface area contributed by atoms with Crippen LogP contribution >= 0.6 is 0 Å². The molecule has 0 spiro atoms. The number of hydrogen-bond acceptors (Lipinski definition) is 2. The highest BCUT2D eigenvalue weighted by Crippen LogP contribution is 2.27. The van der Waals surface area contributed by atoms with E-state index in [0.29, 0.717) is 0 Å². The summed E-state index contributed by atoms with van der Waals surface area (Å²) < 4.78 is 0. The van der Waals surface area contributed by atoms with Gasteiger partial charge in [-0.1, -0.05) is 30.3 Å². The highest BCUT2D eigenvalue weighted by atomic mass is 15.5. The molecule has 1 aromatic rings. The average Bonchev–Trinajstić information content (AvgIpc) is 2.78. The number of nitrogens with one attached hydrogen (secondary N) is 1. The maximum atomic E-state index is 7.09. The molecule has 0 fully saturated rings. The summed E-state index contributed by atoms with van der Waals surface area (Å²) in [4.78, 5) is 3.70. The summed E-state index contributed by atoms with van der Waals surface area (Å²) in [5.41, 5.74) is 12.0. The van der Waals surface area contributed by atoms with Crippen LogP contribution in [0.2, 0.25) is 0 Å². The maximum absolute atomic E-state index is 7.09. The third kappa shape index (κ3) is 2.41. The molecule has 0 saturated carbocycles. The van der Waals surface area contributed by atoms with Gasteiger partial charge in [0.25, 0.3) is 0 Å². The van der Waals surface area contributed by atoms with Gasteiger partial charge in [-0.2, -0.15) is 10.1 Å². The molecule has 0 amide bonds. The third-order valence-corrected chi connectivity index (χ3v) is 2.48. The van der Waals surface area contributed by atoms with Gasteiger partial charge in [0.1, 0.15) is 0 Å². The van der Waals surface area contributed by atoms with E-state index in [4.69, 9.17) is 16.9 Å². The Morgan fingerprint density at radius 3 is 2.71 bits per heavy atom. The number of nitrogens with two attached hydrogens (primary N) is 2. The minimum atomic E-state index is -0.323. The number of aliphatic imine (C=N–C) groups is 1. The first-order valence-corrected chi connectivity index (χ1v) is 5.23. The molecule has 6 heteroatoms. The molecule has 1 aromatic carbocycles. The Hall–Kier alpha value is -2.37. The van der Waals surface area contributed by atoms with Gasteiger partial charge in [-0.3, -0.25) is 5.41 Å². The van der Waals surface area contributed by atoms with Gasteiger partial charge >= 0.3 is 0 Å². The van der Waals surface area contributed by atoms with E-state index in [0.717, 1.165) is 12.0 Å². The number of nitrogens with zero attached hydrogens (tertiary/aromatic N) is 3. The quantitative estimate of drug-likeness (QED) is 0.486. The van der Waals surface area contributed by atoms with Crippen molar-refractivity contribution in [1.82, 2.24) is 5.01 Å². The van der Waals surface area contributed by atoms with Gasteiger partial charge in [0, 0.05) is 12.6 Å². The van der Waals surface area contributed by atoms with Crippen LogP contribution in [0, 0.1) is 5.41 Å². The molecule has 6 nitrogen and oxygen atoms in total. The molecule has 0 aliphatic carbocycles. The zero-order valence-corrected chi connectivity index (χ0v) is 9.24. The van der Waals surface area contributed by atoms with E-state index in [2.05, 4.69) is 10.1 Å². The predicted octanol–water partition coefficient (Wildman–Crippen LogP) is 0.627. The standard InChI is InChI=1S/C11H14N6/c12-10(13)16-11(14)17-9(6-7-15-17)8-4-2-1-3-5-8/h1-5,7,9H,6H2,(H5,12,13,14,16). The van der Waals surface area contributed by atoms with E-state index in [-0.39, 0.29) is 18.0 Å². The van der Waals surface area contributed by atoms with Crippen molar-refractivity contribution in [3.63, 3.8) is 0 Å². The summed E-state index contributed by atoms with van der Waals surface area (Å²) in [6.07, 6.45) is 2.54. The van der Waals surface area contributed by atoms with Crippen LogP contribution in [0.25, 0.3) is 0 Å². The summed E-state index contributed by atoms with van der Waals surface area (Å²) in [6, 6.07) is 9.92. The summed E-state index contributed by atoms with van der Waals surface area (Å²) in [7, 11) is 0. The summed E-state index contributed by atoms with van der Waals surface area (Å²) in [5, 5.41) is 12.8. The molecule has 17 heavy (non-hydrogen) atoms. The molecule has 1 aliphatic heterocycles. The lowest BCUT2D eigenvalue weighted by Crippen LogP contribution is -2.35. The van der Waals surface area contributed by atoms with Gasteiger partial charge in [0.15, 0.2) is 0 Å². The first-order valence-electron chi connectivity index (χ1n) is 5.23. The summed E-state index contributed by atoms with van der Waals surface area (Å²) in [6.45, 7) is 0. The van der Waals surface area contributed by atoms with E-state index in [1.807, 2.05) is 30.3 Å². The largest absolute Gasteiger partial charge is 0.368 e. The average molecular weight is 230 g/mol. The van der Waals surface area contributed by atoms with Crippen molar-refractivity contribution in [3.8, 4) is 0 Å². The number of guanidine groups is 2. The highest BCUT2D eigenvalue weighted by Gasteiger charge is 2.25. The van der Waals surface area contributed by atoms with Gasteiger partial charge in [0.2, 0.25) is 11.9 Å². The second-order valence-corrected chi connectivity index (χ2v) is 3.66. The molecule has 1 heterocycles. The molecule has 1 aliphatic rings. The minimum Gasteiger partial charge on any atom is -0.368 e. The van der Waals surface area contributed by atoms with Crippen LogP contribution < -0.4 is 11.5 Å². The molecule has 2 rings (SSSR count). The van der Waals surface area contributed by atoms with Crippen LogP contribution in [0.5, 0.6) is 0 Å². The first kappa shape index (κ1) is 11.1. The van der Waals surface area contributed by atoms with Crippen LogP contribution in [0.3, 0.4) is 0 Å². The lowest BCUT2D eigenvalue weighted by atomic mass is 10.1. The Balaban J connectivity index is 2.23. The Morgan fingerprint density at radius 1 is 1.35 bits per heavy atom. The Morgan fingerprint density at radius 2 is 2.06 bits per heavy atom. The zero-order valence-electron chi connectivity index (χ0n) is 9.24. The van der Waals surface area contributed by atoms with Crippen LogP contribution in [-0.4, -0.2) is 23.1 Å². The fraction of sp³-hybridized carbons (Fsp3) is 0.182. The van der Waals surface area contributed by atoms with E-state index in [1.165, 1.54) is 0 Å². The van der Waals surface area contributed by atoms with Gasteiger partial charge in [-0.05, 0) is 5.56 Å². The van der Waals surface area contributed by atoms with Gasteiger partial charge < -0.3 is 11.5 Å². The molecule has 0 bridgehead atoms. The molecule has 1 unspecified atom stereocenters. The van der Waals surface area contributed by atoms with Gasteiger partial charge in [-0.15, -0.1) is 0 Å². The Bertz CT molecular complexity index is 464. The molecule has 0 aromatic heterocycles. The van der Waals surface area contributed by atoms with Crippen molar-refractivity contribution in [3.05, 3.63) is 35.9 Å². The van der Waals surface area contributed by atoms with E-state index >= 15 is 0 Å². The van der Waals surface area contributed by atoms with Gasteiger partial charge in [-0.25, -0.2) is 5.01 Å². The third-order valence-electron chi connectivity index (χ3n) is 2.48. The Kier molecular flexibility index (Phi) is 3.04.